The van der Waals surface area contributed by atoms with Gasteiger partial charge < -0.3 is 14.5 Å². The molecule has 0 aliphatic rings. The first-order valence-corrected chi connectivity index (χ1v) is 9.02. The number of benzene rings is 2. The van der Waals surface area contributed by atoms with Crippen LogP contribution in [0, 0.1) is 10.5 Å². The molecule has 1 heterocycles. The molecule has 6 nitrogen and oxygen atoms in total. The number of aryl methyl sites for hydroxylation is 1. The van der Waals surface area contributed by atoms with E-state index in [1.807, 2.05) is 37.3 Å². The van der Waals surface area contributed by atoms with Crippen molar-refractivity contribution in [2.24, 2.45) is 5.10 Å². The van der Waals surface area contributed by atoms with Crippen molar-refractivity contribution in [1.82, 2.24) is 10.4 Å². The van der Waals surface area contributed by atoms with E-state index in [-0.39, 0.29) is 12.5 Å². The summed E-state index contributed by atoms with van der Waals surface area (Å²) in [4.78, 5) is 15.2. The van der Waals surface area contributed by atoms with E-state index >= 15 is 0 Å². The number of nitrogens with one attached hydrogen (secondary N) is 2. The Labute approximate surface area is 164 Å². The quantitative estimate of drug-likeness (QED) is 0.333. The predicted octanol–water partition coefficient (Wildman–Crippen LogP) is 3.62. The van der Waals surface area contributed by atoms with Gasteiger partial charge in [-0.1, -0.05) is 18.2 Å². The molecule has 2 N–H and O–H groups in total. The standard InChI is InChI=1S/C19H18IN3O3/c1-12-15(14-5-3-4-6-17(14)22-12)10-21-23-19(24)11-26-18-8-7-13(25-2)9-16(18)20/h3-10,22H,11H2,1-2H3,(H,23,24). The number of ether oxygens (including phenoxy) is 2. The Morgan fingerprint density at radius 2 is 2.12 bits per heavy atom. The van der Waals surface area contributed by atoms with Crippen LogP contribution in [0.25, 0.3) is 10.9 Å². The molecule has 1 amide bonds. The largest absolute Gasteiger partial charge is 0.497 e. The lowest BCUT2D eigenvalue weighted by Crippen LogP contribution is -2.24. The fraction of sp³-hybridized carbons (Fsp3) is 0.158. The highest BCUT2D eigenvalue weighted by Gasteiger charge is 2.07. The maximum Gasteiger partial charge on any atom is 0.277 e. The molecule has 7 heteroatoms. The number of rotatable bonds is 6. The van der Waals surface area contributed by atoms with Crippen LogP contribution in [0.5, 0.6) is 11.5 Å². The zero-order chi connectivity index (χ0) is 18.5. The van der Waals surface area contributed by atoms with Crippen molar-refractivity contribution in [3.05, 3.63) is 57.3 Å². The summed E-state index contributed by atoms with van der Waals surface area (Å²) < 4.78 is 11.5. The number of hydrogen-bond donors (Lipinski definition) is 2. The number of aromatic amines is 1. The van der Waals surface area contributed by atoms with E-state index in [1.54, 1.807) is 25.5 Å². The monoisotopic (exact) mass is 463 g/mol. The van der Waals surface area contributed by atoms with Gasteiger partial charge in [-0.25, -0.2) is 5.43 Å². The van der Waals surface area contributed by atoms with Crippen molar-refractivity contribution < 1.29 is 14.3 Å². The van der Waals surface area contributed by atoms with Crippen molar-refractivity contribution in [1.29, 1.82) is 0 Å². The highest BCUT2D eigenvalue weighted by molar-refractivity contribution is 14.1. The fourth-order valence-corrected chi connectivity index (χ4v) is 3.18. The van der Waals surface area contributed by atoms with Crippen LogP contribution in [0.4, 0.5) is 0 Å². The number of aromatic nitrogens is 1. The van der Waals surface area contributed by atoms with Gasteiger partial charge in [0.15, 0.2) is 6.61 Å². The van der Waals surface area contributed by atoms with Crippen LogP contribution >= 0.6 is 22.6 Å². The van der Waals surface area contributed by atoms with Gasteiger partial charge in [0, 0.05) is 22.2 Å². The molecule has 2 aromatic carbocycles. The summed E-state index contributed by atoms with van der Waals surface area (Å²) in [5.41, 5.74) is 5.47. The molecule has 0 atom stereocenters. The highest BCUT2D eigenvalue weighted by atomic mass is 127. The van der Waals surface area contributed by atoms with Crippen LogP contribution in [0.2, 0.25) is 0 Å². The molecule has 0 fully saturated rings. The minimum Gasteiger partial charge on any atom is -0.497 e. The maximum atomic E-state index is 11.9. The van der Waals surface area contributed by atoms with E-state index < -0.39 is 0 Å². The number of nitrogens with zero attached hydrogens (tertiary/aromatic N) is 1. The fourth-order valence-electron chi connectivity index (χ4n) is 2.53. The summed E-state index contributed by atoms with van der Waals surface area (Å²) in [6.45, 7) is 1.85. The molecule has 0 saturated carbocycles. The highest BCUT2D eigenvalue weighted by Crippen LogP contribution is 2.25. The molecule has 3 aromatic rings. The lowest BCUT2D eigenvalue weighted by molar-refractivity contribution is -0.123. The second kappa shape index (κ2) is 8.22. The van der Waals surface area contributed by atoms with Crippen molar-refractivity contribution in [2.75, 3.05) is 13.7 Å². The lowest BCUT2D eigenvalue weighted by Gasteiger charge is -2.08. The van der Waals surface area contributed by atoms with Gasteiger partial charge in [0.05, 0.1) is 16.9 Å². The Morgan fingerprint density at radius 3 is 2.88 bits per heavy atom. The molecule has 3 rings (SSSR count). The molecule has 134 valence electrons. The molecule has 0 spiro atoms. The van der Waals surface area contributed by atoms with Crippen molar-refractivity contribution >= 4 is 45.6 Å². The van der Waals surface area contributed by atoms with E-state index in [0.717, 1.165) is 31.5 Å². The van der Waals surface area contributed by atoms with Gasteiger partial charge in [0.2, 0.25) is 0 Å². The first-order valence-electron chi connectivity index (χ1n) is 7.94. The molecule has 26 heavy (non-hydrogen) atoms. The topological polar surface area (TPSA) is 75.7 Å². The molecular weight excluding hydrogens is 445 g/mol. The molecule has 0 aliphatic carbocycles. The van der Waals surface area contributed by atoms with E-state index in [9.17, 15) is 4.79 Å². The summed E-state index contributed by atoms with van der Waals surface area (Å²) in [5.74, 6) is 1.04. The smallest absolute Gasteiger partial charge is 0.277 e. The van der Waals surface area contributed by atoms with Crippen molar-refractivity contribution in [2.45, 2.75) is 6.92 Å². The van der Waals surface area contributed by atoms with E-state index in [2.05, 4.69) is 38.1 Å². The van der Waals surface area contributed by atoms with Gasteiger partial charge in [-0.2, -0.15) is 5.10 Å². The van der Waals surface area contributed by atoms with Crippen molar-refractivity contribution in [3.63, 3.8) is 0 Å². The number of H-pyrrole nitrogens is 1. The number of hydrogen-bond acceptors (Lipinski definition) is 4. The zero-order valence-electron chi connectivity index (χ0n) is 14.4. The lowest BCUT2D eigenvalue weighted by atomic mass is 10.1. The second-order valence-electron chi connectivity index (χ2n) is 5.59. The number of methoxy groups -OCH3 is 1. The average Bonchev–Trinajstić information content (AvgIpc) is 2.96. The number of carbonyl (C=O) groups is 1. The third-order valence-electron chi connectivity index (χ3n) is 3.82. The number of carbonyl (C=O) groups excluding carboxylic acids is 1. The third kappa shape index (κ3) is 4.16. The molecule has 0 radical (unpaired) electrons. The van der Waals surface area contributed by atoms with Crippen molar-refractivity contribution in [3.8, 4) is 11.5 Å². The number of amides is 1. The van der Waals surface area contributed by atoms with Crippen LogP contribution in [-0.2, 0) is 4.79 Å². The average molecular weight is 463 g/mol. The Morgan fingerprint density at radius 1 is 1.31 bits per heavy atom. The first kappa shape index (κ1) is 18.2. The maximum absolute atomic E-state index is 11.9. The molecule has 0 saturated heterocycles. The van der Waals surface area contributed by atoms with E-state index in [4.69, 9.17) is 9.47 Å². The molecule has 0 unspecified atom stereocenters. The third-order valence-corrected chi connectivity index (χ3v) is 4.67. The van der Waals surface area contributed by atoms with E-state index in [0.29, 0.717) is 5.75 Å². The van der Waals surface area contributed by atoms with Crippen LogP contribution in [0.15, 0.2) is 47.6 Å². The Kier molecular flexibility index (Phi) is 5.77. The number of fused-ring (bicyclic) bond motifs is 1. The van der Waals surface area contributed by atoms with Crippen LogP contribution in [0.1, 0.15) is 11.3 Å². The molecule has 0 aliphatic heterocycles. The molecule has 1 aromatic heterocycles. The number of halogens is 1. The predicted molar refractivity (Wildman–Crippen MR) is 110 cm³/mol. The summed E-state index contributed by atoms with van der Waals surface area (Å²) in [6, 6.07) is 13.3. The minimum absolute atomic E-state index is 0.119. The second-order valence-corrected chi connectivity index (χ2v) is 6.75. The van der Waals surface area contributed by atoms with E-state index in [1.165, 1.54) is 0 Å². The summed E-state index contributed by atoms with van der Waals surface area (Å²) >= 11 is 2.13. The minimum atomic E-state index is -0.328. The van der Waals surface area contributed by atoms with Crippen LogP contribution < -0.4 is 14.9 Å². The molecular formula is C19H18IN3O3. The number of para-hydroxylation sites is 1. The van der Waals surface area contributed by atoms with Crippen LogP contribution in [0.3, 0.4) is 0 Å². The van der Waals surface area contributed by atoms with Gasteiger partial charge in [0.1, 0.15) is 11.5 Å². The van der Waals surface area contributed by atoms with Gasteiger partial charge in [-0.3, -0.25) is 4.79 Å². The Hall–Kier alpha value is -2.55. The summed E-state index contributed by atoms with van der Waals surface area (Å²) in [7, 11) is 1.60. The Balaban J connectivity index is 1.58. The SMILES string of the molecule is COc1ccc(OCC(=O)NN=Cc2c(C)[nH]c3ccccc23)c(I)c1. The molecule has 0 bridgehead atoms. The summed E-state index contributed by atoms with van der Waals surface area (Å²) in [6.07, 6.45) is 1.64. The zero-order valence-corrected chi connectivity index (χ0v) is 16.5. The normalized spacial score (nSPS) is 11.0. The van der Waals surface area contributed by atoms with Gasteiger partial charge >= 0.3 is 0 Å². The van der Waals surface area contributed by atoms with Gasteiger partial charge in [-0.05, 0) is 53.8 Å². The van der Waals surface area contributed by atoms with Gasteiger partial charge in [-0.15, -0.1) is 0 Å². The summed E-state index contributed by atoms with van der Waals surface area (Å²) in [5, 5.41) is 5.10. The van der Waals surface area contributed by atoms with Crippen LogP contribution in [-0.4, -0.2) is 30.8 Å². The number of hydrazone groups is 1. The first-order chi connectivity index (χ1) is 12.6. The Bertz CT molecular complexity index is 966. The van der Waals surface area contributed by atoms with Gasteiger partial charge in [0.25, 0.3) is 5.91 Å².